The Kier molecular flexibility index (Phi) is 8.27. The fourth-order valence-corrected chi connectivity index (χ4v) is 4.94. The van der Waals surface area contributed by atoms with Gasteiger partial charge in [-0.2, -0.15) is 0 Å². The largest absolute Gasteiger partial charge is 0.353 e. The maximum atomic E-state index is 6.28. The van der Waals surface area contributed by atoms with Crippen LogP contribution in [-0.4, -0.2) is 19.0 Å². The van der Waals surface area contributed by atoms with Gasteiger partial charge in [0.2, 0.25) is 0 Å². The van der Waals surface area contributed by atoms with Gasteiger partial charge in [0.1, 0.15) is 0 Å². The van der Waals surface area contributed by atoms with Crippen molar-refractivity contribution in [1.29, 1.82) is 0 Å². The van der Waals surface area contributed by atoms with Crippen LogP contribution < -0.4 is 0 Å². The fraction of sp³-hybridized carbons (Fsp3) is 1.00. The van der Waals surface area contributed by atoms with Crippen molar-refractivity contribution in [3.8, 4) is 0 Å². The summed E-state index contributed by atoms with van der Waals surface area (Å²) >= 11 is 0. The molecule has 0 spiro atoms. The quantitative estimate of drug-likeness (QED) is 0.468. The normalized spacial score (nSPS) is 31.7. The Morgan fingerprint density at radius 3 is 2.24 bits per heavy atom. The summed E-state index contributed by atoms with van der Waals surface area (Å²) in [7, 11) is 0. The molecule has 5 unspecified atom stereocenters. The van der Waals surface area contributed by atoms with Crippen molar-refractivity contribution in [3.05, 3.63) is 0 Å². The van der Waals surface area contributed by atoms with Crippen molar-refractivity contribution in [1.82, 2.24) is 0 Å². The van der Waals surface area contributed by atoms with E-state index in [0.29, 0.717) is 17.4 Å². The second-order valence-electron chi connectivity index (χ2n) is 10.1. The minimum Gasteiger partial charge on any atom is -0.353 e. The van der Waals surface area contributed by atoms with Gasteiger partial charge in [-0.15, -0.1) is 0 Å². The number of hydrogen-bond acceptors (Lipinski definition) is 2. The van der Waals surface area contributed by atoms with Crippen molar-refractivity contribution >= 4 is 0 Å². The summed E-state index contributed by atoms with van der Waals surface area (Å²) in [5, 5.41) is 0. The van der Waals surface area contributed by atoms with Gasteiger partial charge in [0, 0.05) is 6.61 Å². The SMILES string of the molecule is CC(OCCC1CCCCC1)OC1CCC(C(C)C(C)(C)C)CC1C. The van der Waals surface area contributed by atoms with Crippen molar-refractivity contribution in [2.24, 2.45) is 29.1 Å². The maximum absolute atomic E-state index is 6.28. The van der Waals surface area contributed by atoms with Crippen LogP contribution in [0.25, 0.3) is 0 Å². The highest BCUT2D eigenvalue weighted by atomic mass is 16.7. The Morgan fingerprint density at radius 1 is 0.960 bits per heavy atom. The van der Waals surface area contributed by atoms with Crippen molar-refractivity contribution in [2.45, 2.75) is 112 Å². The van der Waals surface area contributed by atoms with E-state index in [-0.39, 0.29) is 6.29 Å². The number of ether oxygens (including phenoxy) is 2. The molecule has 0 heterocycles. The molecule has 0 aromatic carbocycles. The molecular weight excluding hydrogens is 308 g/mol. The highest BCUT2D eigenvalue weighted by Gasteiger charge is 2.35. The molecule has 148 valence electrons. The lowest BCUT2D eigenvalue weighted by atomic mass is 9.67. The summed E-state index contributed by atoms with van der Waals surface area (Å²) in [5.74, 6) is 3.17. The molecule has 0 radical (unpaired) electrons. The Bertz CT molecular complexity index is 367. The zero-order valence-electron chi connectivity index (χ0n) is 17.9. The molecule has 2 fully saturated rings. The second kappa shape index (κ2) is 9.74. The molecule has 5 atom stereocenters. The molecule has 0 aliphatic heterocycles. The minimum atomic E-state index is -0.0485. The highest BCUT2D eigenvalue weighted by molar-refractivity contribution is 4.85. The van der Waals surface area contributed by atoms with Crippen molar-refractivity contribution in [3.63, 3.8) is 0 Å². The molecule has 2 nitrogen and oxygen atoms in total. The molecule has 2 aliphatic rings. The van der Waals surface area contributed by atoms with E-state index in [1.54, 1.807) is 0 Å². The van der Waals surface area contributed by atoms with Crippen molar-refractivity contribution < 1.29 is 9.47 Å². The predicted octanol–water partition coefficient (Wildman–Crippen LogP) is 6.82. The van der Waals surface area contributed by atoms with E-state index in [2.05, 4.69) is 41.5 Å². The number of hydrogen-bond donors (Lipinski definition) is 0. The van der Waals surface area contributed by atoms with E-state index in [1.165, 1.54) is 57.8 Å². The molecular formula is C23H44O2. The molecule has 2 saturated carbocycles. The third kappa shape index (κ3) is 6.86. The first-order valence-electron chi connectivity index (χ1n) is 11.0. The molecule has 0 saturated heterocycles. The second-order valence-corrected chi connectivity index (χ2v) is 10.1. The fourth-order valence-electron chi connectivity index (χ4n) is 4.94. The Hall–Kier alpha value is -0.0800. The summed E-state index contributed by atoms with van der Waals surface area (Å²) in [4.78, 5) is 0. The van der Waals surface area contributed by atoms with Gasteiger partial charge >= 0.3 is 0 Å². The van der Waals surface area contributed by atoms with Crippen LogP contribution in [0.5, 0.6) is 0 Å². The lowest BCUT2D eigenvalue weighted by Crippen LogP contribution is -2.37. The molecule has 0 bridgehead atoms. The minimum absolute atomic E-state index is 0.0485. The van der Waals surface area contributed by atoms with Crippen LogP contribution in [0.2, 0.25) is 0 Å². The van der Waals surface area contributed by atoms with E-state index >= 15 is 0 Å². The van der Waals surface area contributed by atoms with E-state index in [9.17, 15) is 0 Å². The average molecular weight is 353 g/mol. The van der Waals surface area contributed by atoms with Crippen LogP contribution in [0.1, 0.15) is 99.3 Å². The summed E-state index contributed by atoms with van der Waals surface area (Å²) < 4.78 is 12.3. The van der Waals surface area contributed by atoms with E-state index < -0.39 is 0 Å². The molecule has 2 aliphatic carbocycles. The summed E-state index contributed by atoms with van der Waals surface area (Å²) in [6.07, 6.45) is 12.5. The Labute approximate surface area is 157 Å². The monoisotopic (exact) mass is 352 g/mol. The van der Waals surface area contributed by atoms with Crippen LogP contribution in [0.15, 0.2) is 0 Å². The average Bonchev–Trinajstić information content (AvgIpc) is 2.56. The third-order valence-corrected chi connectivity index (χ3v) is 7.17. The summed E-state index contributed by atoms with van der Waals surface area (Å²) in [6.45, 7) is 14.9. The van der Waals surface area contributed by atoms with Crippen LogP contribution in [0.3, 0.4) is 0 Å². The molecule has 2 rings (SSSR count). The predicted molar refractivity (Wildman–Crippen MR) is 107 cm³/mol. The number of rotatable bonds is 7. The molecule has 0 aromatic rings. The Morgan fingerprint density at radius 2 is 1.64 bits per heavy atom. The summed E-state index contributed by atoms with van der Waals surface area (Å²) in [6, 6.07) is 0. The van der Waals surface area contributed by atoms with Gasteiger partial charge in [0.05, 0.1) is 6.10 Å². The lowest BCUT2D eigenvalue weighted by Gasteiger charge is -2.42. The maximum Gasteiger partial charge on any atom is 0.155 e. The van der Waals surface area contributed by atoms with Crippen LogP contribution >= 0.6 is 0 Å². The molecule has 25 heavy (non-hydrogen) atoms. The first-order valence-corrected chi connectivity index (χ1v) is 11.0. The van der Waals surface area contributed by atoms with E-state index in [0.717, 1.165) is 24.4 Å². The van der Waals surface area contributed by atoms with Crippen LogP contribution in [0.4, 0.5) is 0 Å². The van der Waals surface area contributed by atoms with Gasteiger partial charge in [-0.05, 0) is 61.7 Å². The smallest absolute Gasteiger partial charge is 0.155 e. The van der Waals surface area contributed by atoms with Gasteiger partial charge in [0.25, 0.3) is 0 Å². The molecule has 0 amide bonds. The first kappa shape index (κ1) is 21.2. The van der Waals surface area contributed by atoms with Gasteiger partial charge < -0.3 is 9.47 Å². The van der Waals surface area contributed by atoms with E-state index in [4.69, 9.17) is 9.47 Å². The zero-order valence-corrected chi connectivity index (χ0v) is 17.9. The molecule has 0 aromatic heterocycles. The Balaban J connectivity index is 1.66. The van der Waals surface area contributed by atoms with Crippen LogP contribution in [-0.2, 0) is 9.47 Å². The van der Waals surface area contributed by atoms with Gasteiger partial charge in [-0.3, -0.25) is 0 Å². The standard InChI is InChI=1S/C23H44O2/c1-17-16-21(18(2)23(4,5)6)12-13-22(17)25-19(3)24-15-14-20-10-8-7-9-11-20/h17-22H,7-16H2,1-6H3. The highest BCUT2D eigenvalue weighted by Crippen LogP contribution is 2.42. The van der Waals surface area contributed by atoms with Crippen molar-refractivity contribution in [2.75, 3.05) is 6.61 Å². The molecule has 0 N–H and O–H groups in total. The van der Waals surface area contributed by atoms with Gasteiger partial charge in [-0.25, -0.2) is 0 Å². The lowest BCUT2D eigenvalue weighted by molar-refractivity contribution is -0.183. The topological polar surface area (TPSA) is 18.5 Å². The first-order chi connectivity index (χ1) is 11.8. The summed E-state index contributed by atoms with van der Waals surface area (Å²) in [5.41, 5.74) is 0.410. The van der Waals surface area contributed by atoms with Gasteiger partial charge in [0.15, 0.2) is 6.29 Å². The van der Waals surface area contributed by atoms with Crippen LogP contribution in [0, 0.1) is 29.1 Å². The zero-order chi connectivity index (χ0) is 18.4. The van der Waals surface area contributed by atoms with Gasteiger partial charge in [-0.1, -0.05) is 66.7 Å². The van der Waals surface area contributed by atoms with E-state index in [1.807, 2.05) is 0 Å². The molecule has 2 heteroatoms. The third-order valence-electron chi connectivity index (χ3n) is 7.17.